The third-order valence-electron chi connectivity index (χ3n) is 4.00. The summed E-state index contributed by atoms with van der Waals surface area (Å²) in [7, 11) is 4.43. The number of rotatable bonds is 9. The van der Waals surface area contributed by atoms with Crippen LogP contribution in [-0.2, 0) is 4.74 Å². The molecular weight excluding hydrogens is 212 g/mol. The lowest BCUT2D eigenvalue weighted by atomic mass is 9.96. The van der Waals surface area contributed by atoms with Crippen LogP contribution >= 0.6 is 0 Å². The van der Waals surface area contributed by atoms with Crippen LogP contribution in [0.1, 0.15) is 45.4 Å². The lowest BCUT2D eigenvalue weighted by Crippen LogP contribution is -2.50. The average Bonchev–Trinajstić information content (AvgIpc) is 2.78. The highest BCUT2D eigenvalue weighted by atomic mass is 16.5. The molecular formula is C14H30N2O. The van der Waals surface area contributed by atoms with E-state index in [0.717, 1.165) is 26.3 Å². The number of ether oxygens (including phenoxy) is 1. The van der Waals surface area contributed by atoms with Crippen molar-refractivity contribution in [3.8, 4) is 0 Å². The van der Waals surface area contributed by atoms with Crippen molar-refractivity contribution in [2.45, 2.75) is 51.0 Å². The summed E-state index contributed by atoms with van der Waals surface area (Å²) < 4.78 is 5.56. The second kappa shape index (κ2) is 8.06. The fraction of sp³-hybridized carbons (Fsp3) is 1.00. The Balaban J connectivity index is 2.08. The van der Waals surface area contributed by atoms with E-state index in [1.54, 1.807) is 0 Å². The van der Waals surface area contributed by atoms with Gasteiger partial charge in [-0.15, -0.1) is 0 Å². The Labute approximate surface area is 107 Å². The second-order valence-corrected chi connectivity index (χ2v) is 5.47. The molecule has 1 aliphatic carbocycles. The fourth-order valence-corrected chi connectivity index (χ4v) is 2.63. The first-order chi connectivity index (χ1) is 8.21. The molecule has 0 spiro atoms. The van der Waals surface area contributed by atoms with Gasteiger partial charge in [0, 0.05) is 25.2 Å². The molecule has 0 heterocycles. The maximum absolute atomic E-state index is 5.56. The van der Waals surface area contributed by atoms with Crippen LogP contribution in [0.15, 0.2) is 0 Å². The van der Waals surface area contributed by atoms with Crippen molar-refractivity contribution in [3.05, 3.63) is 0 Å². The van der Waals surface area contributed by atoms with E-state index in [1.807, 2.05) is 0 Å². The number of nitrogens with zero attached hydrogens (tertiary/aromatic N) is 1. The van der Waals surface area contributed by atoms with Gasteiger partial charge in [-0.05, 0) is 33.4 Å². The molecule has 102 valence electrons. The minimum atomic E-state index is 0.406. The lowest BCUT2D eigenvalue weighted by molar-refractivity contribution is 0.120. The van der Waals surface area contributed by atoms with E-state index in [-0.39, 0.29) is 0 Å². The Bertz CT molecular complexity index is 189. The van der Waals surface area contributed by atoms with Gasteiger partial charge in [0.05, 0.1) is 6.61 Å². The molecule has 1 saturated carbocycles. The summed E-state index contributed by atoms with van der Waals surface area (Å²) in [5.74, 6) is 0. The summed E-state index contributed by atoms with van der Waals surface area (Å²) in [6, 6.07) is 0. The van der Waals surface area contributed by atoms with Gasteiger partial charge in [0.15, 0.2) is 0 Å². The summed E-state index contributed by atoms with van der Waals surface area (Å²) in [6.07, 6.45) is 7.84. The summed E-state index contributed by atoms with van der Waals surface area (Å²) in [6.45, 7) is 6.06. The molecule has 0 aliphatic heterocycles. The lowest BCUT2D eigenvalue weighted by Gasteiger charge is -2.36. The molecule has 0 radical (unpaired) electrons. The highest BCUT2D eigenvalue weighted by Crippen LogP contribution is 2.32. The third kappa shape index (κ3) is 4.94. The molecule has 3 nitrogen and oxygen atoms in total. The Morgan fingerprint density at radius 1 is 1.18 bits per heavy atom. The van der Waals surface area contributed by atoms with Crippen molar-refractivity contribution >= 4 is 0 Å². The molecule has 0 amide bonds. The van der Waals surface area contributed by atoms with Crippen LogP contribution in [0.3, 0.4) is 0 Å². The normalized spacial score (nSPS) is 19.1. The fourth-order valence-electron chi connectivity index (χ4n) is 2.63. The first kappa shape index (κ1) is 14.9. The Morgan fingerprint density at radius 2 is 1.88 bits per heavy atom. The smallest absolute Gasteiger partial charge is 0.0590 e. The Morgan fingerprint density at radius 3 is 2.47 bits per heavy atom. The highest BCUT2D eigenvalue weighted by Gasteiger charge is 2.35. The van der Waals surface area contributed by atoms with Gasteiger partial charge >= 0.3 is 0 Å². The van der Waals surface area contributed by atoms with E-state index in [1.165, 1.54) is 38.5 Å². The summed E-state index contributed by atoms with van der Waals surface area (Å²) in [5, 5.41) is 3.56. The van der Waals surface area contributed by atoms with Gasteiger partial charge in [-0.2, -0.15) is 0 Å². The van der Waals surface area contributed by atoms with Crippen LogP contribution in [0.4, 0.5) is 0 Å². The molecule has 0 aromatic rings. The predicted molar refractivity (Wildman–Crippen MR) is 73.5 cm³/mol. The molecule has 0 unspecified atom stereocenters. The van der Waals surface area contributed by atoms with Crippen molar-refractivity contribution in [3.63, 3.8) is 0 Å². The number of unbranched alkanes of at least 4 members (excludes halogenated alkanes) is 1. The van der Waals surface area contributed by atoms with E-state index < -0.39 is 0 Å². The molecule has 0 atom stereocenters. The average molecular weight is 242 g/mol. The van der Waals surface area contributed by atoms with Crippen molar-refractivity contribution in [1.29, 1.82) is 0 Å². The first-order valence-electron chi connectivity index (χ1n) is 7.17. The van der Waals surface area contributed by atoms with Crippen molar-refractivity contribution in [2.24, 2.45) is 0 Å². The largest absolute Gasteiger partial charge is 0.380 e. The first-order valence-corrected chi connectivity index (χ1v) is 7.17. The molecule has 0 aromatic heterocycles. The van der Waals surface area contributed by atoms with Gasteiger partial charge in [-0.1, -0.05) is 26.2 Å². The Kier molecular flexibility index (Phi) is 7.09. The zero-order valence-corrected chi connectivity index (χ0v) is 11.9. The quantitative estimate of drug-likeness (QED) is 0.628. The second-order valence-electron chi connectivity index (χ2n) is 5.47. The highest BCUT2D eigenvalue weighted by molar-refractivity contribution is 4.94. The van der Waals surface area contributed by atoms with Gasteiger partial charge in [0.2, 0.25) is 0 Å². The molecule has 1 rings (SSSR count). The summed E-state index contributed by atoms with van der Waals surface area (Å²) >= 11 is 0. The van der Waals surface area contributed by atoms with E-state index in [9.17, 15) is 0 Å². The number of hydrogen-bond donors (Lipinski definition) is 1. The van der Waals surface area contributed by atoms with Crippen molar-refractivity contribution in [1.82, 2.24) is 10.2 Å². The van der Waals surface area contributed by atoms with E-state index >= 15 is 0 Å². The third-order valence-corrected chi connectivity index (χ3v) is 4.00. The summed E-state index contributed by atoms with van der Waals surface area (Å²) in [4.78, 5) is 2.41. The molecule has 0 aromatic carbocycles. The number of likely N-dealkylation sites (N-methyl/N-ethyl adjacent to an activating group) is 1. The standard InChI is InChI=1S/C14H30N2O/c1-4-5-11-17-12-10-15-13-14(16(2)3)8-6-7-9-14/h15H,4-13H2,1-3H3. The van der Waals surface area contributed by atoms with Gasteiger partial charge in [0.25, 0.3) is 0 Å². The van der Waals surface area contributed by atoms with Crippen LogP contribution in [0.5, 0.6) is 0 Å². The molecule has 0 saturated heterocycles. The van der Waals surface area contributed by atoms with Gasteiger partial charge in [0.1, 0.15) is 0 Å². The van der Waals surface area contributed by atoms with Crippen LogP contribution in [0, 0.1) is 0 Å². The molecule has 3 heteroatoms. The topological polar surface area (TPSA) is 24.5 Å². The van der Waals surface area contributed by atoms with E-state index in [0.29, 0.717) is 5.54 Å². The minimum Gasteiger partial charge on any atom is -0.380 e. The van der Waals surface area contributed by atoms with Crippen LogP contribution < -0.4 is 5.32 Å². The van der Waals surface area contributed by atoms with Crippen LogP contribution in [-0.4, -0.2) is 50.8 Å². The molecule has 1 aliphatic rings. The monoisotopic (exact) mass is 242 g/mol. The van der Waals surface area contributed by atoms with Gasteiger partial charge in [-0.25, -0.2) is 0 Å². The minimum absolute atomic E-state index is 0.406. The maximum atomic E-state index is 5.56. The van der Waals surface area contributed by atoms with E-state index in [2.05, 4.69) is 31.2 Å². The van der Waals surface area contributed by atoms with Crippen molar-refractivity contribution in [2.75, 3.05) is 40.4 Å². The SMILES string of the molecule is CCCCOCCNCC1(N(C)C)CCCC1. The zero-order chi connectivity index (χ0) is 12.6. The maximum Gasteiger partial charge on any atom is 0.0590 e. The Hall–Kier alpha value is -0.120. The number of nitrogens with one attached hydrogen (secondary N) is 1. The van der Waals surface area contributed by atoms with Crippen LogP contribution in [0.2, 0.25) is 0 Å². The molecule has 0 bridgehead atoms. The summed E-state index contributed by atoms with van der Waals surface area (Å²) in [5.41, 5.74) is 0.406. The van der Waals surface area contributed by atoms with Gasteiger partial charge in [-0.3, -0.25) is 0 Å². The van der Waals surface area contributed by atoms with Crippen molar-refractivity contribution < 1.29 is 4.74 Å². The zero-order valence-electron chi connectivity index (χ0n) is 11.9. The predicted octanol–water partition coefficient (Wildman–Crippen LogP) is 2.27. The number of hydrogen-bond acceptors (Lipinski definition) is 3. The molecule has 1 fully saturated rings. The molecule has 1 N–H and O–H groups in total. The van der Waals surface area contributed by atoms with Crippen LogP contribution in [0.25, 0.3) is 0 Å². The van der Waals surface area contributed by atoms with E-state index in [4.69, 9.17) is 4.74 Å². The molecule has 17 heavy (non-hydrogen) atoms. The van der Waals surface area contributed by atoms with Gasteiger partial charge < -0.3 is 15.0 Å².